The molecule has 0 saturated heterocycles. The van der Waals surface area contributed by atoms with E-state index in [9.17, 15) is 4.79 Å². The molecular formula is C11H20O2. The van der Waals surface area contributed by atoms with Gasteiger partial charge >= 0.3 is 5.97 Å². The Hall–Kier alpha value is -0.530. The van der Waals surface area contributed by atoms with Crippen molar-refractivity contribution in [2.45, 2.75) is 46.5 Å². The number of carboxylic acids is 1. The van der Waals surface area contributed by atoms with Crippen molar-refractivity contribution in [3.8, 4) is 0 Å². The van der Waals surface area contributed by atoms with E-state index in [0.717, 1.165) is 19.3 Å². The molecule has 1 fully saturated rings. The van der Waals surface area contributed by atoms with Gasteiger partial charge in [0.25, 0.3) is 0 Å². The van der Waals surface area contributed by atoms with Gasteiger partial charge < -0.3 is 5.11 Å². The van der Waals surface area contributed by atoms with Gasteiger partial charge in [-0.3, -0.25) is 4.79 Å². The van der Waals surface area contributed by atoms with Crippen molar-refractivity contribution in [3.05, 3.63) is 0 Å². The van der Waals surface area contributed by atoms with Gasteiger partial charge in [0.05, 0.1) is 5.92 Å². The lowest BCUT2D eigenvalue weighted by molar-refractivity contribution is -0.143. The van der Waals surface area contributed by atoms with E-state index in [4.69, 9.17) is 5.11 Å². The van der Waals surface area contributed by atoms with Crippen LogP contribution < -0.4 is 0 Å². The first-order valence-electron chi connectivity index (χ1n) is 5.14. The maximum atomic E-state index is 10.8. The second kappa shape index (κ2) is 3.69. The summed E-state index contributed by atoms with van der Waals surface area (Å²) in [5.41, 5.74) is 0.272. The Balaban J connectivity index is 2.57. The molecule has 0 bridgehead atoms. The van der Waals surface area contributed by atoms with Crippen LogP contribution in [0.25, 0.3) is 0 Å². The van der Waals surface area contributed by atoms with Crippen molar-refractivity contribution >= 4 is 5.97 Å². The summed E-state index contributed by atoms with van der Waals surface area (Å²) < 4.78 is 0. The molecule has 1 rings (SSSR count). The SMILES string of the molecule is CC(C)(C)[C@H]1CCC[C@H](C(=O)O)C1. The summed E-state index contributed by atoms with van der Waals surface area (Å²) in [6.45, 7) is 6.63. The van der Waals surface area contributed by atoms with Gasteiger partial charge in [0, 0.05) is 0 Å². The number of carbonyl (C=O) groups is 1. The van der Waals surface area contributed by atoms with Crippen molar-refractivity contribution in [2.24, 2.45) is 17.3 Å². The molecule has 0 aromatic heterocycles. The van der Waals surface area contributed by atoms with Crippen LogP contribution in [0.3, 0.4) is 0 Å². The maximum absolute atomic E-state index is 10.8. The first kappa shape index (κ1) is 10.6. The smallest absolute Gasteiger partial charge is 0.306 e. The van der Waals surface area contributed by atoms with Gasteiger partial charge in [0.1, 0.15) is 0 Å². The standard InChI is InChI=1S/C11H20O2/c1-11(2,3)9-6-4-5-8(7-9)10(12)13/h8-9H,4-7H2,1-3H3,(H,12,13)/t8-,9-/m0/s1. The van der Waals surface area contributed by atoms with E-state index in [-0.39, 0.29) is 11.3 Å². The molecule has 2 nitrogen and oxygen atoms in total. The molecule has 0 unspecified atom stereocenters. The van der Waals surface area contributed by atoms with Gasteiger partial charge in [-0.15, -0.1) is 0 Å². The second-order valence-electron chi connectivity index (χ2n) is 5.26. The normalized spacial score (nSPS) is 30.1. The van der Waals surface area contributed by atoms with Gasteiger partial charge in [-0.25, -0.2) is 0 Å². The third kappa shape index (κ3) is 2.71. The highest BCUT2D eigenvalue weighted by Gasteiger charge is 2.33. The van der Waals surface area contributed by atoms with Crippen LogP contribution in [-0.2, 0) is 4.79 Å². The summed E-state index contributed by atoms with van der Waals surface area (Å²) in [5, 5.41) is 8.92. The molecule has 0 aromatic carbocycles. The van der Waals surface area contributed by atoms with Crippen LogP contribution in [0.1, 0.15) is 46.5 Å². The summed E-state index contributed by atoms with van der Waals surface area (Å²) in [7, 11) is 0. The predicted octanol–water partition coefficient (Wildman–Crippen LogP) is 2.92. The number of aliphatic carboxylic acids is 1. The van der Waals surface area contributed by atoms with Gasteiger partial charge in [-0.1, -0.05) is 27.2 Å². The van der Waals surface area contributed by atoms with Crippen LogP contribution in [0.15, 0.2) is 0 Å². The highest BCUT2D eigenvalue weighted by Crippen LogP contribution is 2.40. The molecular weight excluding hydrogens is 164 g/mol. The molecule has 0 aliphatic heterocycles. The van der Waals surface area contributed by atoms with E-state index in [2.05, 4.69) is 20.8 Å². The van der Waals surface area contributed by atoms with E-state index in [1.54, 1.807) is 0 Å². The minimum absolute atomic E-state index is 0.0852. The fraction of sp³-hybridized carbons (Fsp3) is 0.909. The molecule has 1 saturated carbocycles. The zero-order chi connectivity index (χ0) is 10.1. The second-order valence-corrected chi connectivity index (χ2v) is 5.26. The lowest BCUT2D eigenvalue weighted by Crippen LogP contribution is -2.30. The fourth-order valence-electron chi connectivity index (χ4n) is 2.20. The summed E-state index contributed by atoms with van der Waals surface area (Å²) >= 11 is 0. The molecule has 2 atom stereocenters. The van der Waals surface area contributed by atoms with Crippen LogP contribution in [0.2, 0.25) is 0 Å². The van der Waals surface area contributed by atoms with Gasteiger partial charge in [0.15, 0.2) is 0 Å². The predicted molar refractivity (Wildman–Crippen MR) is 52.5 cm³/mol. The van der Waals surface area contributed by atoms with Crippen LogP contribution in [0.4, 0.5) is 0 Å². The van der Waals surface area contributed by atoms with Crippen molar-refractivity contribution in [3.63, 3.8) is 0 Å². The summed E-state index contributed by atoms with van der Waals surface area (Å²) in [6.07, 6.45) is 4.03. The van der Waals surface area contributed by atoms with Crippen molar-refractivity contribution in [2.75, 3.05) is 0 Å². The molecule has 2 heteroatoms. The van der Waals surface area contributed by atoms with Gasteiger partial charge in [0.2, 0.25) is 0 Å². The van der Waals surface area contributed by atoms with Crippen molar-refractivity contribution in [1.29, 1.82) is 0 Å². The largest absolute Gasteiger partial charge is 0.481 e. The third-order valence-corrected chi connectivity index (χ3v) is 3.25. The molecule has 0 aromatic rings. The molecule has 0 amide bonds. The minimum Gasteiger partial charge on any atom is -0.481 e. The quantitative estimate of drug-likeness (QED) is 0.680. The summed E-state index contributed by atoms with van der Waals surface area (Å²) in [5.74, 6) is -0.103. The average Bonchev–Trinajstić information content (AvgIpc) is 2.03. The van der Waals surface area contributed by atoms with E-state index in [1.807, 2.05) is 0 Å². The maximum Gasteiger partial charge on any atom is 0.306 e. The van der Waals surface area contributed by atoms with Crippen molar-refractivity contribution in [1.82, 2.24) is 0 Å². The molecule has 1 aliphatic rings. The van der Waals surface area contributed by atoms with Crippen LogP contribution in [0.5, 0.6) is 0 Å². The van der Waals surface area contributed by atoms with E-state index in [1.165, 1.54) is 6.42 Å². The molecule has 13 heavy (non-hydrogen) atoms. The minimum atomic E-state index is -0.603. The molecule has 76 valence electrons. The third-order valence-electron chi connectivity index (χ3n) is 3.25. The Morgan fingerprint density at radius 2 is 1.92 bits per heavy atom. The Bertz CT molecular complexity index is 191. The number of hydrogen-bond acceptors (Lipinski definition) is 1. The molecule has 0 heterocycles. The average molecular weight is 184 g/mol. The number of carboxylic acid groups (broad SMARTS) is 1. The van der Waals surface area contributed by atoms with Gasteiger partial charge in [-0.05, 0) is 30.6 Å². The fourth-order valence-corrected chi connectivity index (χ4v) is 2.20. The van der Waals surface area contributed by atoms with Crippen LogP contribution >= 0.6 is 0 Å². The zero-order valence-corrected chi connectivity index (χ0v) is 8.84. The molecule has 1 aliphatic carbocycles. The molecule has 1 N–H and O–H groups in total. The lowest BCUT2D eigenvalue weighted by atomic mass is 9.69. The Morgan fingerprint density at radius 3 is 2.38 bits per heavy atom. The van der Waals surface area contributed by atoms with Crippen LogP contribution in [0, 0.1) is 17.3 Å². The highest BCUT2D eigenvalue weighted by molar-refractivity contribution is 5.70. The van der Waals surface area contributed by atoms with Crippen LogP contribution in [-0.4, -0.2) is 11.1 Å². The highest BCUT2D eigenvalue weighted by atomic mass is 16.4. The Morgan fingerprint density at radius 1 is 1.31 bits per heavy atom. The van der Waals surface area contributed by atoms with Gasteiger partial charge in [-0.2, -0.15) is 0 Å². The molecule has 0 spiro atoms. The number of hydrogen-bond donors (Lipinski definition) is 1. The Labute approximate surface area is 80.3 Å². The van der Waals surface area contributed by atoms with E-state index in [0.29, 0.717) is 5.92 Å². The summed E-state index contributed by atoms with van der Waals surface area (Å²) in [6, 6.07) is 0. The topological polar surface area (TPSA) is 37.3 Å². The number of rotatable bonds is 1. The van der Waals surface area contributed by atoms with Crippen molar-refractivity contribution < 1.29 is 9.90 Å². The first-order chi connectivity index (χ1) is 5.91. The van der Waals surface area contributed by atoms with E-state index >= 15 is 0 Å². The summed E-state index contributed by atoms with van der Waals surface area (Å²) in [4.78, 5) is 10.8. The zero-order valence-electron chi connectivity index (χ0n) is 8.84. The monoisotopic (exact) mass is 184 g/mol. The van der Waals surface area contributed by atoms with E-state index < -0.39 is 5.97 Å². The Kier molecular flexibility index (Phi) is 2.99. The molecule has 0 radical (unpaired) electrons. The lowest BCUT2D eigenvalue weighted by Gasteiger charge is -2.36. The first-order valence-corrected chi connectivity index (χ1v) is 5.14.